The number of allylic oxidation sites excluding steroid dienone is 1. The van der Waals surface area contributed by atoms with Crippen LogP contribution in [0.3, 0.4) is 0 Å². The van der Waals surface area contributed by atoms with Crippen molar-refractivity contribution >= 4 is 5.97 Å². The van der Waals surface area contributed by atoms with Gasteiger partial charge in [-0.2, -0.15) is 0 Å². The highest BCUT2D eigenvalue weighted by molar-refractivity contribution is 5.86. The minimum Gasteiger partial charge on any atom is -0.478 e. The molecule has 2 heteroatoms. The molecule has 0 aromatic heterocycles. The number of carboxylic acids is 1. The molecule has 0 bridgehead atoms. The van der Waals surface area contributed by atoms with Gasteiger partial charge in [-0.05, 0) is 26.7 Å². The van der Waals surface area contributed by atoms with Gasteiger partial charge in [-0.1, -0.05) is 57.4 Å². The minimum absolute atomic E-state index is 0.521. The zero-order valence-electron chi connectivity index (χ0n) is 11.7. The quantitative estimate of drug-likeness (QED) is 0.434. The molecule has 0 atom stereocenters. The SMILES string of the molecule is CCCCCCCCCC/C(C)=C(\C)C(=O)O. The molecule has 0 aromatic rings. The van der Waals surface area contributed by atoms with Crippen molar-refractivity contribution < 1.29 is 9.90 Å². The first-order valence-electron chi connectivity index (χ1n) is 6.99. The van der Waals surface area contributed by atoms with Gasteiger partial charge in [0.1, 0.15) is 0 Å². The molecule has 17 heavy (non-hydrogen) atoms. The Labute approximate surface area is 106 Å². The molecule has 0 radical (unpaired) electrons. The molecule has 0 rings (SSSR count). The fourth-order valence-corrected chi connectivity index (χ4v) is 1.89. The molecular weight excluding hydrogens is 212 g/mol. The van der Waals surface area contributed by atoms with Crippen LogP contribution in [0.4, 0.5) is 0 Å². The van der Waals surface area contributed by atoms with Crippen molar-refractivity contribution in [1.82, 2.24) is 0 Å². The van der Waals surface area contributed by atoms with Crippen LogP contribution in [0.15, 0.2) is 11.1 Å². The summed E-state index contributed by atoms with van der Waals surface area (Å²) in [5.41, 5.74) is 1.55. The zero-order valence-corrected chi connectivity index (χ0v) is 11.7. The summed E-state index contributed by atoms with van der Waals surface area (Å²) in [6.07, 6.45) is 11.3. The molecular formula is C15H28O2. The monoisotopic (exact) mass is 240 g/mol. The molecule has 0 heterocycles. The molecule has 0 fully saturated rings. The Morgan fingerprint density at radius 2 is 1.35 bits per heavy atom. The number of aliphatic carboxylic acids is 1. The molecule has 0 spiro atoms. The molecule has 0 saturated heterocycles. The number of unbranched alkanes of at least 4 members (excludes halogenated alkanes) is 7. The van der Waals surface area contributed by atoms with Crippen molar-refractivity contribution in [2.75, 3.05) is 0 Å². The maximum absolute atomic E-state index is 10.7. The summed E-state index contributed by atoms with van der Waals surface area (Å²) in [5, 5.41) is 8.82. The summed E-state index contributed by atoms with van der Waals surface area (Å²) >= 11 is 0. The van der Waals surface area contributed by atoms with Crippen LogP contribution in [0.25, 0.3) is 0 Å². The molecule has 0 aromatic carbocycles. The van der Waals surface area contributed by atoms with E-state index in [1.807, 2.05) is 6.92 Å². The Balaban J connectivity index is 3.46. The molecule has 0 amide bonds. The highest BCUT2D eigenvalue weighted by Gasteiger charge is 2.04. The lowest BCUT2D eigenvalue weighted by atomic mass is 10.0. The van der Waals surface area contributed by atoms with E-state index in [4.69, 9.17) is 5.11 Å². The molecule has 0 aliphatic carbocycles. The summed E-state index contributed by atoms with van der Waals surface area (Å²) in [7, 11) is 0. The number of rotatable bonds is 10. The molecule has 0 unspecified atom stereocenters. The lowest BCUT2D eigenvalue weighted by molar-refractivity contribution is -0.132. The van der Waals surface area contributed by atoms with Crippen molar-refractivity contribution in [1.29, 1.82) is 0 Å². The second kappa shape index (κ2) is 10.4. The third-order valence-corrected chi connectivity index (χ3v) is 3.37. The molecule has 1 N–H and O–H groups in total. The third-order valence-electron chi connectivity index (χ3n) is 3.37. The van der Waals surface area contributed by atoms with Crippen molar-refractivity contribution in [3.05, 3.63) is 11.1 Å². The maximum atomic E-state index is 10.7. The zero-order chi connectivity index (χ0) is 13.1. The van der Waals surface area contributed by atoms with E-state index in [-0.39, 0.29) is 0 Å². The summed E-state index contributed by atoms with van der Waals surface area (Å²) < 4.78 is 0. The lowest BCUT2D eigenvalue weighted by Crippen LogP contribution is -1.99. The molecule has 0 aliphatic heterocycles. The van der Waals surface area contributed by atoms with Gasteiger partial charge in [0.25, 0.3) is 0 Å². The lowest BCUT2D eigenvalue weighted by Gasteiger charge is -2.04. The van der Waals surface area contributed by atoms with Crippen LogP contribution in [0.1, 0.15) is 78.6 Å². The normalized spacial score (nSPS) is 12.4. The van der Waals surface area contributed by atoms with Gasteiger partial charge in [-0.3, -0.25) is 0 Å². The van der Waals surface area contributed by atoms with Gasteiger partial charge in [0.2, 0.25) is 0 Å². The molecule has 100 valence electrons. The molecule has 0 saturated carbocycles. The highest BCUT2D eigenvalue weighted by Crippen LogP contribution is 2.15. The fourth-order valence-electron chi connectivity index (χ4n) is 1.89. The van der Waals surface area contributed by atoms with Crippen molar-refractivity contribution in [2.24, 2.45) is 0 Å². The predicted molar refractivity (Wildman–Crippen MR) is 73.2 cm³/mol. The number of hydrogen-bond donors (Lipinski definition) is 1. The number of carboxylic acid groups (broad SMARTS) is 1. The van der Waals surface area contributed by atoms with Gasteiger partial charge >= 0.3 is 5.97 Å². The van der Waals surface area contributed by atoms with Crippen molar-refractivity contribution in [3.8, 4) is 0 Å². The van der Waals surface area contributed by atoms with E-state index in [0.717, 1.165) is 18.4 Å². The van der Waals surface area contributed by atoms with Crippen LogP contribution in [-0.4, -0.2) is 11.1 Å². The Kier molecular flexibility index (Phi) is 9.89. The fraction of sp³-hybridized carbons (Fsp3) is 0.800. The van der Waals surface area contributed by atoms with Crippen LogP contribution in [-0.2, 0) is 4.79 Å². The van der Waals surface area contributed by atoms with E-state index in [0.29, 0.717) is 5.57 Å². The smallest absolute Gasteiger partial charge is 0.331 e. The van der Waals surface area contributed by atoms with Crippen molar-refractivity contribution in [2.45, 2.75) is 78.6 Å². The molecule has 0 aliphatic rings. The number of carbonyl (C=O) groups is 1. The Morgan fingerprint density at radius 3 is 1.82 bits per heavy atom. The first-order valence-corrected chi connectivity index (χ1v) is 6.99. The van der Waals surface area contributed by atoms with Gasteiger partial charge in [-0.25, -0.2) is 4.79 Å². The van der Waals surface area contributed by atoms with Gasteiger partial charge in [0.15, 0.2) is 0 Å². The number of hydrogen-bond acceptors (Lipinski definition) is 1. The minimum atomic E-state index is -0.776. The van der Waals surface area contributed by atoms with E-state index in [2.05, 4.69) is 6.92 Å². The van der Waals surface area contributed by atoms with Gasteiger partial charge < -0.3 is 5.11 Å². The summed E-state index contributed by atoms with van der Waals surface area (Å²) in [6, 6.07) is 0. The van der Waals surface area contributed by atoms with E-state index >= 15 is 0 Å². The topological polar surface area (TPSA) is 37.3 Å². The van der Waals surface area contributed by atoms with Crippen LogP contribution >= 0.6 is 0 Å². The van der Waals surface area contributed by atoms with Crippen LogP contribution in [0.5, 0.6) is 0 Å². The van der Waals surface area contributed by atoms with E-state index in [9.17, 15) is 4.79 Å². The summed E-state index contributed by atoms with van der Waals surface area (Å²) in [6.45, 7) is 5.87. The summed E-state index contributed by atoms with van der Waals surface area (Å²) in [5.74, 6) is -0.776. The van der Waals surface area contributed by atoms with E-state index in [1.165, 1.54) is 44.9 Å². The highest BCUT2D eigenvalue weighted by atomic mass is 16.4. The largest absolute Gasteiger partial charge is 0.478 e. The predicted octanol–water partition coefficient (Wildman–Crippen LogP) is 4.94. The standard InChI is InChI=1S/C15H28O2/c1-4-5-6-7-8-9-10-11-12-13(2)14(3)15(16)17/h4-12H2,1-3H3,(H,16,17)/b14-13+. The van der Waals surface area contributed by atoms with Crippen LogP contribution in [0.2, 0.25) is 0 Å². The van der Waals surface area contributed by atoms with Crippen LogP contribution in [0, 0.1) is 0 Å². The first kappa shape index (κ1) is 16.2. The van der Waals surface area contributed by atoms with Gasteiger partial charge in [-0.15, -0.1) is 0 Å². The molecule has 2 nitrogen and oxygen atoms in total. The van der Waals surface area contributed by atoms with Gasteiger partial charge in [0.05, 0.1) is 0 Å². The second-order valence-electron chi connectivity index (χ2n) is 4.94. The van der Waals surface area contributed by atoms with E-state index in [1.54, 1.807) is 6.92 Å². The average molecular weight is 240 g/mol. The third kappa shape index (κ3) is 8.96. The Bertz CT molecular complexity index is 241. The Hall–Kier alpha value is -0.790. The van der Waals surface area contributed by atoms with E-state index < -0.39 is 5.97 Å². The summed E-state index contributed by atoms with van der Waals surface area (Å²) in [4.78, 5) is 10.7. The first-order chi connectivity index (χ1) is 8.09. The Morgan fingerprint density at radius 1 is 0.882 bits per heavy atom. The maximum Gasteiger partial charge on any atom is 0.331 e. The van der Waals surface area contributed by atoms with Crippen LogP contribution < -0.4 is 0 Å². The van der Waals surface area contributed by atoms with Crippen molar-refractivity contribution in [3.63, 3.8) is 0 Å². The van der Waals surface area contributed by atoms with Gasteiger partial charge in [0, 0.05) is 5.57 Å². The average Bonchev–Trinajstić information content (AvgIpc) is 2.31. The second-order valence-corrected chi connectivity index (χ2v) is 4.94.